The Labute approximate surface area is 127 Å². The van der Waals surface area contributed by atoms with Crippen molar-refractivity contribution in [3.05, 3.63) is 28.5 Å². The summed E-state index contributed by atoms with van der Waals surface area (Å²) in [4.78, 5) is 4.15. The Bertz CT molecular complexity index is 461. The summed E-state index contributed by atoms with van der Waals surface area (Å²) in [7, 11) is -1.62. The summed E-state index contributed by atoms with van der Waals surface area (Å²) in [5, 5.41) is 0. The maximum absolute atomic E-state index is 4.15. The highest BCUT2D eigenvalue weighted by Crippen LogP contribution is 2.40. The van der Waals surface area contributed by atoms with Gasteiger partial charge < -0.3 is 0 Å². The molecule has 0 aromatic carbocycles. The molecule has 1 aromatic heterocycles. The van der Waals surface area contributed by atoms with Crippen LogP contribution in [-0.4, -0.2) is 13.1 Å². The minimum Gasteiger partial charge on any atom is -0.249 e. The van der Waals surface area contributed by atoms with E-state index in [1.165, 1.54) is 0 Å². The van der Waals surface area contributed by atoms with Crippen LogP contribution < -0.4 is 0 Å². The summed E-state index contributed by atoms with van der Waals surface area (Å²) in [6, 6.07) is 3.98. The van der Waals surface area contributed by atoms with E-state index in [0.717, 1.165) is 10.2 Å². The third-order valence-electron chi connectivity index (χ3n) is 4.02. The largest absolute Gasteiger partial charge is 0.249 e. The van der Waals surface area contributed by atoms with Crippen molar-refractivity contribution in [3.63, 3.8) is 0 Å². The normalized spacial score (nSPS) is 11.9. The van der Waals surface area contributed by atoms with Crippen molar-refractivity contribution in [2.24, 2.45) is 0 Å². The van der Waals surface area contributed by atoms with E-state index in [9.17, 15) is 0 Å². The van der Waals surface area contributed by atoms with Crippen molar-refractivity contribution in [1.29, 1.82) is 0 Å². The molecule has 0 amide bonds. The van der Waals surface area contributed by atoms with Crippen LogP contribution >= 0.6 is 15.9 Å². The number of nitrogens with zero attached hydrogens (tertiary/aromatic N) is 1. The molecule has 0 fully saturated rings. The molecule has 3 heteroatoms. The van der Waals surface area contributed by atoms with Crippen LogP contribution in [0.4, 0.5) is 0 Å². The molecular formula is C16H24BrNSi. The summed E-state index contributed by atoms with van der Waals surface area (Å²) in [5.74, 6) is 3.41. The molecule has 1 aromatic rings. The van der Waals surface area contributed by atoms with E-state index in [1.54, 1.807) is 6.20 Å². The van der Waals surface area contributed by atoms with Gasteiger partial charge in [-0.1, -0.05) is 47.5 Å². The van der Waals surface area contributed by atoms with Crippen molar-refractivity contribution in [2.45, 2.75) is 58.2 Å². The number of aromatic nitrogens is 1. The second-order valence-corrected chi connectivity index (χ2v) is 12.4. The molecule has 104 valence electrons. The SMILES string of the molecule is CC(C)[Si](C#Cc1ccnc(Br)c1)(C(C)C)C(C)C. The van der Waals surface area contributed by atoms with Crippen molar-refractivity contribution < 1.29 is 0 Å². The number of pyridine rings is 1. The predicted octanol–water partition coefficient (Wildman–Crippen LogP) is 5.41. The van der Waals surface area contributed by atoms with Gasteiger partial charge in [0.1, 0.15) is 12.7 Å². The van der Waals surface area contributed by atoms with Crippen LogP contribution in [0.1, 0.15) is 47.1 Å². The van der Waals surface area contributed by atoms with Crippen molar-refractivity contribution >= 4 is 24.0 Å². The van der Waals surface area contributed by atoms with Gasteiger partial charge in [0.25, 0.3) is 0 Å². The van der Waals surface area contributed by atoms with Crippen LogP contribution in [0.2, 0.25) is 16.6 Å². The van der Waals surface area contributed by atoms with Crippen LogP contribution in [0.25, 0.3) is 0 Å². The molecule has 0 aliphatic rings. The average Bonchev–Trinajstić information content (AvgIpc) is 2.28. The molecule has 1 nitrogen and oxygen atoms in total. The zero-order chi connectivity index (χ0) is 14.6. The van der Waals surface area contributed by atoms with Gasteiger partial charge in [0, 0.05) is 11.8 Å². The zero-order valence-corrected chi connectivity index (χ0v) is 15.4. The van der Waals surface area contributed by atoms with Crippen LogP contribution in [-0.2, 0) is 0 Å². The van der Waals surface area contributed by atoms with Crippen LogP contribution in [0.3, 0.4) is 0 Å². The fourth-order valence-electron chi connectivity index (χ4n) is 3.09. The quantitative estimate of drug-likeness (QED) is 0.408. The van der Waals surface area contributed by atoms with E-state index in [0.29, 0.717) is 16.6 Å². The number of hydrogen-bond acceptors (Lipinski definition) is 1. The standard InChI is InChI=1S/C16H24BrNSi/c1-12(2)19(13(3)4,14(5)6)10-8-15-7-9-18-16(17)11-15/h7,9,11-14H,1-6H3. The van der Waals surface area contributed by atoms with Gasteiger partial charge in [-0.2, -0.15) is 0 Å². The fourth-order valence-corrected chi connectivity index (χ4v) is 8.69. The molecule has 0 aliphatic heterocycles. The highest BCUT2D eigenvalue weighted by Gasteiger charge is 2.41. The van der Waals surface area contributed by atoms with E-state index in [4.69, 9.17) is 0 Å². The van der Waals surface area contributed by atoms with Crippen molar-refractivity contribution in [2.75, 3.05) is 0 Å². The molecule has 0 saturated carbocycles. The molecule has 0 saturated heterocycles. The Balaban J connectivity index is 3.23. The minimum atomic E-state index is -1.62. The molecule has 19 heavy (non-hydrogen) atoms. The maximum atomic E-state index is 4.15. The van der Waals surface area contributed by atoms with Crippen LogP contribution in [0.5, 0.6) is 0 Å². The Kier molecular flexibility index (Phi) is 5.82. The molecule has 0 atom stereocenters. The van der Waals surface area contributed by atoms with E-state index in [1.807, 2.05) is 12.1 Å². The summed E-state index contributed by atoms with van der Waals surface area (Å²) in [5.41, 5.74) is 6.79. The molecule has 0 bridgehead atoms. The van der Waals surface area contributed by atoms with Crippen molar-refractivity contribution in [1.82, 2.24) is 4.98 Å². The first-order chi connectivity index (χ1) is 8.80. The van der Waals surface area contributed by atoms with Gasteiger partial charge in [-0.15, -0.1) is 5.54 Å². The van der Waals surface area contributed by atoms with Gasteiger partial charge in [-0.3, -0.25) is 0 Å². The third-order valence-corrected chi connectivity index (χ3v) is 10.7. The number of rotatable bonds is 3. The van der Waals surface area contributed by atoms with E-state index >= 15 is 0 Å². The Morgan fingerprint density at radius 2 is 1.58 bits per heavy atom. The lowest BCUT2D eigenvalue weighted by molar-refractivity contribution is 0.838. The van der Waals surface area contributed by atoms with E-state index < -0.39 is 8.07 Å². The smallest absolute Gasteiger partial charge is 0.146 e. The first kappa shape index (κ1) is 16.5. The topological polar surface area (TPSA) is 12.9 Å². The number of halogens is 1. The fraction of sp³-hybridized carbons (Fsp3) is 0.562. The number of hydrogen-bond donors (Lipinski definition) is 0. The molecule has 1 heterocycles. The Morgan fingerprint density at radius 3 is 2.00 bits per heavy atom. The second-order valence-electron chi connectivity index (χ2n) is 6.01. The average molecular weight is 338 g/mol. The lowest BCUT2D eigenvalue weighted by Gasteiger charge is -2.38. The lowest BCUT2D eigenvalue weighted by atomic mass is 10.3. The first-order valence-electron chi connectivity index (χ1n) is 6.95. The Hall–Kier alpha value is -0.593. The predicted molar refractivity (Wildman–Crippen MR) is 89.9 cm³/mol. The highest BCUT2D eigenvalue weighted by molar-refractivity contribution is 9.10. The Morgan fingerprint density at radius 1 is 1.05 bits per heavy atom. The summed E-state index contributed by atoms with van der Waals surface area (Å²) >= 11 is 3.40. The summed E-state index contributed by atoms with van der Waals surface area (Å²) in [6.07, 6.45) is 1.80. The van der Waals surface area contributed by atoms with E-state index in [-0.39, 0.29) is 0 Å². The highest BCUT2D eigenvalue weighted by atomic mass is 79.9. The molecule has 1 rings (SSSR count). The summed E-state index contributed by atoms with van der Waals surface area (Å²) < 4.78 is 0.852. The van der Waals surface area contributed by atoms with E-state index in [2.05, 4.69) is 73.9 Å². The monoisotopic (exact) mass is 337 g/mol. The molecule has 0 spiro atoms. The van der Waals surface area contributed by atoms with Gasteiger partial charge in [-0.05, 0) is 44.7 Å². The van der Waals surface area contributed by atoms with Crippen LogP contribution in [0, 0.1) is 11.5 Å². The van der Waals surface area contributed by atoms with Crippen molar-refractivity contribution in [3.8, 4) is 11.5 Å². The molecule has 0 N–H and O–H groups in total. The minimum absolute atomic E-state index is 0.672. The summed E-state index contributed by atoms with van der Waals surface area (Å²) in [6.45, 7) is 14.0. The van der Waals surface area contributed by atoms with Gasteiger partial charge >= 0.3 is 0 Å². The molecule has 0 radical (unpaired) electrons. The molecule has 0 aliphatic carbocycles. The third kappa shape index (κ3) is 3.70. The molecule has 0 unspecified atom stereocenters. The lowest BCUT2D eigenvalue weighted by Crippen LogP contribution is -2.43. The van der Waals surface area contributed by atoms with Gasteiger partial charge in [-0.25, -0.2) is 4.98 Å². The van der Waals surface area contributed by atoms with Gasteiger partial charge in [0.2, 0.25) is 0 Å². The van der Waals surface area contributed by atoms with Gasteiger partial charge in [0.05, 0.1) is 0 Å². The first-order valence-corrected chi connectivity index (χ1v) is 9.98. The van der Waals surface area contributed by atoms with Crippen LogP contribution in [0.15, 0.2) is 22.9 Å². The van der Waals surface area contributed by atoms with Gasteiger partial charge in [0.15, 0.2) is 0 Å². The zero-order valence-electron chi connectivity index (χ0n) is 12.8. The second kappa shape index (κ2) is 6.72. The molecular weight excluding hydrogens is 314 g/mol. The maximum Gasteiger partial charge on any atom is 0.146 e.